The molecular formula is C14H22N2O3S. The number of hydrogen-bond acceptors (Lipinski definition) is 4. The van der Waals surface area contributed by atoms with E-state index in [1.165, 1.54) is 5.38 Å². The molecule has 1 heterocycles. The molecule has 0 unspecified atom stereocenters. The minimum Gasteiger partial charge on any atom is -0.476 e. The molecule has 0 aliphatic rings. The summed E-state index contributed by atoms with van der Waals surface area (Å²) in [5.41, 5.74) is -0.0626. The molecule has 1 N–H and O–H groups in total. The molecule has 0 aliphatic carbocycles. The third-order valence-corrected chi connectivity index (χ3v) is 3.94. The summed E-state index contributed by atoms with van der Waals surface area (Å²) in [7, 11) is 0. The molecule has 112 valence electrons. The number of nitrogens with zero attached hydrogens (tertiary/aromatic N) is 2. The van der Waals surface area contributed by atoms with Crippen molar-refractivity contribution in [3.63, 3.8) is 0 Å². The third-order valence-electron chi connectivity index (χ3n) is 3.11. The highest BCUT2D eigenvalue weighted by atomic mass is 32.1. The maximum absolute atomic E-state index is 12.6. The maximum atomic E-state index is 12.6. The topological polar surface area (TPSA) is 70.5 Å². The maximum Gasteiger partial charge on any atom is 0.355 e. The number of thiazole rings is 1. The van der Waals surface area contributed by atoms with E-state index in [2.05, 4.69) is 32.7 Å². The molecule has 0 radical (unpaired) electrons. The highest BCUT2D eigenvalue weighted by molar-refractivity contribution is 7.11. The number of carboxylic acids is 1. The smallest absolute Gasteiger partial charge is 0.355 e. The molecule has 1 aromatic heterocycles. The number of amides is 1. The highest BCUT2D eigenvalue weighted by Crippen LogP contribution is 2.18. The number of rotatable bonds is 7. The lowest BCUT2D eigenvalue weighted by molar-refractivity contribution is 0.0639. The minimum absolute atomic E-state index is 0.0626. The first kappa shape index (κ1) is 16.6. The third kappa shape index (κ3) is 4.03. The zero-order chi connectivity index (χ0) is 15.3. The summed E-state index contributed by atoms with van der Waals surface area (Å²) in [6.45, 7) is 8.89. The van der Waals surface area contributed by atoms with Crippen molar-refractivity contribution in [1.82, 2.24) is 9.88 Å². The van der Waals surface area contributed by atoms with Crippen LogP contribution in [0, 0.1) is 5.92 Å². The summed E-state index contributed by atoms with van der Waals surface area (Å²) >= 11 is 1.10. The van der Waals surface area contributed by atoms with Crippen molar-refractivity contribution in [2.75, 3.05) is 6.54 Å². The van der Waals surface area contributed by atoms with Gasteiger partial charge in [-0.1, -0.05) is 27.7 Å². The lowest BCUT2D eigenvalue weighted by atomic mass is 10.1. The Hall–Kier alpha value is -1.43. The van der Waals surface area contributed by atoms with Crippen LogP contribution in [-0.2, 0) is 0 Å². The van der Waals surface area contributed by atoms with Crippen LogP contribution in [0.25, 0.3) is 0 Å². The van der Waals surface area contributed by atoms with Gasteiger partial charge in [-0.2, -0.15) is 0 Å². The van der Waals surface area contributed by atoms with Gasteiger partial charge in [-0.25, -0.2) is 9.78 Å². The summed E-state index contributed by atoms with van der Waals surface area (Å²) in [6.07, 6.45) is 1.76. The fraction of sp³-hybridized carbons (Fsp3) is 0.643. The average Bonchev–Trinajstić information content (AvgIpc) is 2.87. The van der Waals surface area contributed by atoms with Gasteiger partial charge in [0.05, 0.1) is 0 Å². The Morgan fingerprint density at radius 2 is 1.95 bits per heavy atom. The van der Waals surface area contributed by atoms with Crippen molar-refractivity contribution < 1.29 is 14.7 Å². The molecule has 0 atom stereocenters. The molecule has 6 heteroatoms. The van der Waals surface area contributed by atoms with Gasteiger partial charge in [0, 0.05) is 18.0 Å². The highest BCUT2D eigenvalue weighted by Gasteiger charge is 2.26. The first-order chi connectivity index (χ1) is 9.40. The molecule has 5 nitrogen and oxygen atoms in total. The van der Waals surface area contributed by atoms with Crippen molar-refractivity contribution in [1.29, 1.82) is 0 Å². The normalized spacial score (nSPS) is 11.1. The molecule has 0 saturated heterocycles. The van der Waals surface area contributed by atoms with Gasteiger partial charge >= 0.3 is 5.97 Å². The second kappa shape index (κ2) is 7.38. The van der Waals surface area contributed by atoms with E-state index in [-0.39, 0.29) is 22.7 Å². The van der Waals surface area contributed by atoms with Crippen molar-refractivity contribution in [2.24, 2.45) is 5.92 Å². The standard InChI is InChI=1S/C14H22N2O3S/c1-5-10(6-2)16(7-9(3)4)13(17)12-15-11(8-20-12)14(18)19/h8-10H,5-7H2,1-4H3,(H,18,19). The largest absolute Gasteiger partial charge is 0.476 e. The lowest BCUT2D eigenvalue weighted by Crippen LogP contribution is -2.42. The van der Waals surface area contributed by atoms with Gasteiger partial charge in [0.15, 0.2) is 10.7 Å². The van der Waals surface area contributed by atoms with Gasteiger partial charge in [0.2, 0.25) is 0 Å². The van der Waals surface area contributed by atoms with Crippen LogP contribution in [0.15, 0.2) is 5.38 Å². The minimum atomic E-state index is -1.10. The Labute approximate surface area is 123 Å². The Bertz CT molecular complexity index is 467. The number of aromatic nitrogens is 1. The van der Waals surface area contributed by atoms with Gasteiger partial charge in [-0.15, -0.1) is 11.3 Å². The molecule has 0 bridgehead atoms. The Kier molecular flexibility index (Phi) is 6.13. The van der Waals surface area contributed by atoms with E-state index in [1.54, 1.807) is 0 Å². The quantitative estimate of drug-likeness (QED) is 0.839. The predicted molar refractivity (Wildman–Crippen MR) is 79.3 cm³/mol. The van der Waals surface area contributed by atoms with Crippen molar-refractivity contribution in [3.8, 4) is 0 Å². The molecule has 1 aromatic rings. The molecule has 0 saturated carbocycles. The molecular weight excluding hydrogens is 276 g/mol. The summed E-state index contributed by atoms with van der Waals surface area (Å²) in [5, 5.41) is 10.6. The first-order valence-electron chi connectivity index (χ1n) is 6.90. The van der Waals surface area contributed by atoms with Gasteiger partial charge in [-0.3, -0.25) is 4.79 Å². The van der Waals surface area contributed by atoms with Gasteiger partial charge < -0.3 is 10.0 Å². The van der Waals surface area contributed by atoms with E-state index in [0.29, 0.717) is 12.5 Å². The van der Waals surface area contributed by atoms with Gasteiger partial charge in [0.25, 0.3) is 5.91 Å². The van der Waals surface area contributed by atoms with Crippen LogP contribution < -0.4 is 0 Å². The van der Waals surface area contributed by atoms with Crippen molar-refractivity contribution >= 4 is 23.2 Å². The molecule has 0 aromatic carbocycles. The van der Waals surface area contributed by atoms with E-state index in [4.69, 9.17) is 5.11 Å². The molecule has 1 amide bonds. The van der Waals surface area contributed by atoms with Crippen LogP contribution >= 0.6 is 11.3 Å². The Morgan fingerprint density at radius 3 is 2.35 bits per heavy atom. The van der Waals surface area contributed by atoms with E-state index in [9.17, 15) is 9.59 Å². The number of carbonyl (C=O) groups is 2. The Balaban J connectivity index is 2.99. The molecule has 0 aliphatic heterocycles. The molecule has 20 heavy (non-hydrogen) atoms. The predicted octanol–water partition coefficient (Wildman–Crippen LogP) is 3.13. The van der Waals surface area contributed by atoms with Crippen LogP contribution in [0.1, 0.15) is 60.8 Å². The summed E-state index contributed by atoms with van der Waals surface area (Å²) < 4.78 is 0. The number of aromatic carboxylic acids is 1. The molecule has 1 rings (SSSR count). The van der Waals surface area contributed by atoms with E-state index in [0.717, 1.165) is 24.2 Å². The monoisotopic (exact) mass is 298 g/mol. The average molecular weight is 298 g/mol. The lowest BCUT2D eigenvalue weighted by Gasteiger charge is -2.31. The van der Waals surface area contributed by atoms with Crippen LogP contribution in [0.4, 0.5) is 0 Å². The second-order valence-electron chi connectivity index (χ2n) is 5.16. The summed E-state index contributed by atoms with van der Waals surface area (Å²) in [6, 6.07) is 0.169. The van der Waals surface area contributed by atoms with E-state index < -0.39 is 5.97 Å². The summed E-state index contributed by atoms with van der Waals surface area (Å²) in [5.74, 6) is -0.901. The van der Waals surface area contributed by atoms with Crippen molar-refractivity contribution in [3.05, 3.63) is 16.1 Å². The fourth-order valence-electron chi connectivity index (χ4n) is 2.11. The van der Waals surface area contributed by atoms with Crippen LogP contribution in [-0.4, -0.2) is 39.5 Å². The van der Waals surface area contributed by atoms with E-state index in [1.807, 2.05) is 4.90 Å². The fourth-order valence-corrected chi connectivity index (χ4v) is 2.86. The zero-order valence-electron chi connectivity index (χ0n) is 12.4. The number of carboxylic acid groups (broad SMARTS) is 1. The summed E-state index contributed by atoms with van der Waals surface area (Å²) in [4.78, 5) is 29.2. The van der Waals surface area contributed by atoms with Crippen LogP contribution in [0.5, 0.6) is 0 Å². The van der Waals surface area contributed by atoms with Crippen LogP contribution in [0.2, 0.25) is 0 Å². The molecule has 0 fully saturated rings. The van der Waals surface area contributed by atoms with Crippen molar-refractivity contribution in [2.45, 2.75) is 46.6 Å². The first-order valence-corrected chi connectivity index (χ1v) is 7.78. The number of carbonyl (C=O) groups excluding carboxylic acids is 1. The molecule has 0 spiro atoms. The van der Waals surface area contributed by atoms with Crippen LogP contribution in [0.3, 0.4) is 0 Å². The van der Waals surface area contributed by atoms with E-state index >= 15 is 0 Å². The van der Waals surface area contributed by atoms with Gasteiger partial charge in [-0.05, 0) is 18.8 Å². The second-order valence-corrected chi connectivity index (χ2v) is 6.02. The Morgan fingerprint density at radius 1 is 1.35 bits per heavy atom. The SMILES string of the molecule is CCC(CC)N(CC(C)C)C(=O)c1nc(C(=O)O)cs1. The number of hydrogen-bond donors (Lipinski definition) is 1. The van der Waals surface area contributed by atoms with Gasteiger partial charge in [0.1, 0.15) is 0 Å². The zero-order valence-corrected chi connectivity index (χ0v) is 13.2.